The minimum atomic E-state index is -0.00162. The van der Waals surface area contributed by atoms with Crippen molar-refractivity contribution in [2.24, 2.45) is 0 Å². The van der Waals surface area contributed by atoms with Crippen LogP contribution in [0.1, 0.15) is 0 Å². The van der Waals surface area contributed by atoms with Crippen LogP contribution >= 0.6 is 0 Å². The highest BCUT2D eigenvalue weighted by Crippen LogP contribution is 2.28. The Balaban J connectivity index is 2.38. The van der Waals surface area contributed by atoms with E-state index in [1.54, 1.807) is 7.11 Å². The van der Waals surface area contributed by atoms with E-state index < -0.39 is 0 Å². The first-order valence-electron chi connectivity index (χ1n) is 5.08. The topological polar surface area (TPSA) is 42.2 Å². The van der Waals surface area contributed by atoms with Gasteiger partial charge in [-0.1, -0.05) is 0 Å². The first-order chi connectivity index (χ1) is 7.78. The minimum Gasteiger partial charge on any atom is -0.497 e. The van der Waals surface area contributed by atoms with E-state index in [1.165, 1.54) is 0 Å². The third-order valence-electron chi connectivity index (χ3n) is 2.77. The van der Waals surface area contributed by atoms with Crippen LogP contribution in [0, 0.1) is 0 Å². The van der Waals surface area contributed by atoms with Gasteiger partial charge in [-0.15, -0.1) is 0 Å². The lowest BCUT2D eigenvalue weighted by Gasteiger charge is -2.13. The van der Waals surface area contributed by atoms with Crippen molar-refractivity contribution in [3.05, 3.63) is 30.5 Å². The Morgan fingerprint density at radius 1 is 1.44 bits per heavy atom. The summed E-state index contributed by atoms with van der Waals surface area (Å²) in [6.07, 6.45) is 1.91. The highest BCUT2D eigenvalue weighted by molar-refractivity contribution is 6.01. The number of rotatable bonds is 1. The summed E-state index contributed by atoms with van der Waals surface area (Å²) < 4.78 is 7.15. The molecule has 2 aromatic rings. The molecule has 3 rings (SSSR count). The molecule has 0 fully saturated rings. The van der Waals surface area contributed by atoms with E-state index in [-0.39, 0.29) is 5.91 Å². The number of hydrogen-bond donors (Lipinski definition) is 1. The Bertz CT molecular complexity index is 593. The maximum Gasteiger partial charge on any atom is 0.290 e. The third-order valence-corrected chi connectivity index (χ3v) is 2.77. The molecule has 4 nitrogen and oxygen atoms in total. The summed E-state index contributed by atoms with van der Waals surface area (Å²) in [5.41, 5.74) is 1.86. The molecule has 4 heteroatoms. The van der Waals surface area contributed by atoms with Gasteiger partial charge >= 0.3 is 0 Å². The second kappa shape index (κ2) is 3.20. The van der Waals surface area contributed by atoms with E-state index in [1.807, 2.05) is 35.0 Å². The second-order valence-corrected chi connectivity index (χ2v) is 3.80. The molecule has 0 bridgehead atoms. The van der Waals surface area contributed by atoms with Crippen molar-refractivity contribution < 1.29 is 14.1 Å². The average Bonchev–Trinajstić information content (AvgIpc) is 2.28. The molecule has 0 saturated heterocycles. The number of benzene rings is 1. The number of amides is 1. The number of carbonyl (C=O) groups is 1. The van der Waals surface area contributed by atoms with Gasteiger partial charge in [0.05, 0.1) is 12.5 Å². The average molecular weight is 215 g/mol. The molecule has 0 unspecified atom stereocenters. The molecular weight excluding hydrogens is 204 g/mol. The number of methoxy groups -OCH3 is 1. The van der Waals surface area contributed by atoms with Crippen LogP contribution in [0.2, 0.25) is 0 Å². The van der Waals surface area contributed by atoms with Gasteiger partial charge in [-0.3, -0.25) is 4.79 Å². The van der Waals surface area contributed by atoms with E-state index in [4.69, 9.17) is 4.74 Å². The Kier molecular flexibility index (Phi) is 1.83. The van der Waals surface area contributed by atoms with E-state index in [0.717, 1.165) is 22.3 Å². The number of hydrogen-bond acceptors (Lipinski definition) is 2. The third kappa shape index (κ3) is 1.23. The lowest BCUT2D eigenvalue weighted by atomic mass is 10.1. The highest BCUT2D eigenvalue weighted by atomic mass is 16.5. The van der Waals surface area contributed by atoms with Gasteiger partial charge in [-0.2, -0.15) is 4.57 Å². The fourth-order valence-corrected chi connectivity index (χ4v) is 2.09. The summed E-state index contributed by atoms with van der Waals surface area (Å²) in [6, 6.07) is 7.75. The van der Waals surface area contributed by atoms with Gasteiger partial charge < -0.3 is 10.1 Å². The van der Waals surface area contributed by atoms with Gasteiger partial charge in [-0.05, 0) is 12.1 Å². The molecule has 0 saturated carbocycles. The Labute approximate surface area is 92.5 Å². The summed E-state index contributed by atoms with van der Waals surface area (Å²) in [7, 11) is 1.62. The first-order valence-corrected chi connectivity index (χ1v) is 5.08. The molecule has 1 N–H and O–H groups in total. The Hall–Kier alpha value is -2.10. The molecule has 16 heavy (non-hydrogen) atoms. The van der Waals surface area contributed by atoms with Gasteiger partial charge in [0, 0.05) is 12.1 Å². The number of carbonyl (C=O) groups excluding carboxylic acids is 1. The van der Waals surface area contributed by atoms with E-state index in [0.29, 0.717) is 6.54 Å². The summed E-state index contributed by atoms with van der Waals surface area (Å²) in [4.78, 5) is 11.5. The van der Waals surface area contributed by atoms with Crippen LogP contribution in [0.15, 0.2) is 30.5 Å². The number of aromatic nitrogens is 1. The smallest absolute Gasteiger partial charge is 0.290 e. The van der Waals surface area contributed by atoms with E-state index in [2.05, 4.69) is 5.32 Å². The van der Waals surface area contributed by atoms with Crippen LogP contribution in [-0.2, 0) is 11.3 Å². The largest absolute Gasteiger partial charge is 0.497 e. The van der Waals surface area contributed by atoms with Crippen molar-refractivity contribution in [3.63, 3.8) is 0 Å². The molecule has 1 aromatic heterocycles. The molecule has 1 amide bonds. The summed E-state index contributed by atoms with van der Waals surface area (Å²) in [5, 5.41) is 3.93. The van der Waals surface area contributed by atoms with Gasteiger partial charge in [0.1, 0.15) is 11.4 Å². The molecular formula is C12H11N2O2+. The molecule has 1 aliphatic heterocycles. The lowest BCUT2D eigenvalue weighted by Crippen LogP contribution is -2.44. The normalized spacial score (nSPS) is 13.7. The Morgan fingerprint density at radius 2 is 2.31 bits per heavy atom. The SMILES string of the molecule is COc1cc2c3c(ccc[n+]3CC(=O)N2)c1. The fraction of sp³-hybridized carbons (Fsp3) is 0.167. The van der Waals surface area contributed by atoms with Crippen LogP contribution in [0.25, 0.3) is 10.9 Å². The van der Waals surface area contributed by atoms with Gasteiger partial charge in [-0.25, -0.2) is 0 Å². The van der Waals surface area contributed by atoms with Crippen LogP contribution in [0.3, 0.4) is 0 Å². The maximum atomic E-state index is 11.5. The minimum absolute atomic E-state index is 0.00162. The van der Waals surface area contributed by atoms with Gasteiger partial charge in [0.15, 0.2) is 6.20 Å². The zero-order valence-corrected chi connectivity index (χ0v) is 8.86. The van der Waals surface area contributed by atoms with Crippen molar-refractivity contribution in [2.75, 3.05) is 12.4 Å². The zero-order chi connectivity index (χ0) is 11.1. The van der Waals surface area contributed by atoms with E-state index >= 15 is 0 Å². The zero-order valence-electron chi connectivity index (χ0n) is 8.86. The maximum absolute atomic E-state index is 11.5. The molecule has 1 aromatic carbocycles. The molecule has 0 aliphatic carbocycles. The Morgan fingerprint density at radius 3 is 3.12 bits per heavy atom. The molecule has 0 radical (unpaired) electrons. The quantitative estimate of drug-likeness (QED) is 0.723. The van der Waals surface area contributed by atoms with Crippen molar-refractivity contribution in [1.82, 2.24) is 0 Å². The number of nitrogens with one attached hydrogen (secondary N) is 1. The number of ether oxygens (including phenoxy) is 1. The second-order valence-electron chi connectivity index (χ2n) is 3.80. The lowest BCUT2D eigenvalue weighted by molar-refractivity contribution is -0.658. The van der Waals surface area contributed by atoms with Crippen molar-refractivity contribution >= 4 is 22.5 Å². The molecule has 80 valence electrons. The number of nitrogens with zero attached hydrogens (tertiary/aromatic N) is 1. The fourth-order valence-electron chi connectivity index (χ4n) is 2.09. The standard InChI is InChI=1S/C12H10N2O2/c1-16-9-5-8-3-2-4-14-7-11(15)13-10(6-9)12(8)14/h2-6H,7H2,1H3/p+1. The van der Waals surface area contributed by atoms with Crippen LogP contribution in [0.5, 0.6) is 5.75 Å². The van der Waals surface area contributed by atoms with Crippen molar-refractivity contribution in [3.8, 4) is 5.75 Å². The number of anilines is 1. The highest BCUT2D eigenvalue weighted by Gasteiger charge is 2.24. The first kappa shape index (κ1) is 9.15. The molecule has 2 heterocycles. The van der Waals surface area contributed by atoms with Crippen molar-refractivity contribution in [1.29, 1.82) is 0 Å². The van der Waals surface area contributed by atoms with Crippen LogP contribution in [0.4, 0.5) is 5.69 Å². The predicted molar refractivity (Wildman–Crippen MR) is 59.3 cm³/mol. The van der Waals surface area contributed by atoms with Crippen molar-refractivity contribution in [2.45, 2.75) is 6.54 Å². The van der Waals surface area contributed by atoms with Gasteiger partial charge in [0.25, 0.3) is 5.91 Å². The molecule has 0 spiro atoms. The molecule has 0 atom stereocenters. The molecule has 1 aliphatic rings. The monoisotopic (exact) mass is 215 g/mol. The van der Waals surface area contributed by atoms with Crippen LogP contribution < -0.4 is 14.6 Å². The van der Waals surface area contributed by atoms with Gasteiger partial charge in [0.2, 0.25) is 12.1 Å². The summed E-state index contributed by atoms with van der Waals surface area (Å²) >= 11 is 0. The number of pyridine rings is 1. The summed E-state index contributed by atoms with van der Waals surface area (Å²) in [6.45, 7) is 0.372. The summed E-state index contributed by atoms with van der Waals surface area (Å²) in [5.74, 6) is 0.751. The van der Waals surface area contributed by atoms with E-state index in [9.17, 15) is 4.79 Å². The van der Waals surface area contributed by atoms with Crippen LogP contribution in [-0.4, -0.2) is 13.0 Å². The predicted octanol–water partition coefficient (Wildman–Crippen LogP) is 1.09.